The van der Waals surface area contributed by atoms with Crippen molar-refractivity contribution in [2.75, 3.05) is 0 Å². The van der Waals surface area contributed by atoms with Crippen LogP contribution >= 0.6 is 0 Å². The minimum absolute atomic E-state index is 0.500. The van der Waals surface area contributed by atoms with Gasteiger partial charge in [-0.25, -0.2) is 0 Å². The van der Waals surface area contributed by atoms with Crippen LogP contribution in [0.1, 0.15) is 5.56 Å². The van der Waals surface area contributed by atoms with Gasteiger partial charge in [-0.1, -0.05) is 35.9 Å². The summed E-state index contributed by atoms with van der Waals surface area (Å²) in [6, 6.07) is 10.3. The second-order valence-corrected chi connectivity index (χ2v) is 1.75. The molecule has 0 aliphatic heterocycles. The van der Waals surface area contributed by atoms with Gasteiger partial charge in [-0.3, -0.25) is 4.79 Å². The van der Waals surface area contributed by atoms with E-state index in [-0.39, 0.29) is 0 Å². The van der Waals surface area contributed by atoms with Crippen molar-refractivity contribution < 1.29 is 4.79 Å². The lowest BCUT2D eigenvalue weighted by molar-refractivity contribution is 0.569. The Morgan fingerprint density at radius 3 is 1.90 bits per heavy atom. The van der Waals surface area contributed by atoms with Crippen LogP contribution < -0.4 is 0 Å². The minimum atomic E-state index is 0.500. The third-order valence-electron chi connectivity index (χ3n) is 0.940. The normalized spacial score (nSPS) is 6.90. The van der Waals surface area contributed by atoms with E-state index in [2.05, 4.69) is 19.1 Å². The maximum Gasteiger partial charge on any atom is -0.0159 e. The topological polar surface area (TPSA) is 39.4 Å². The van der Waals surface area contributed by atoms with Crippen molar-refractivity contribution in [2.24, 2.45) is 0 Å². The molecular formula is C8H8NO-. The molecule has 0 amide bonds. The lowest BCUT2D eigenvalue weighted by Gasteiger charge is -1.82. The smallest absolute Gasteiger partial charge is 0.0159 e. The van der Waals surface area contributed by atoms with Gasteiger partial charge in [0.1, 0.15) is 0 Å². The van der Waals surface area contributed by atoms with Gasteiger partial charge < -0.3 is 5.41 Å². The summed E-state index contributed by atoms with van der Waals surface area (Å²) < 4.78 is 0. The Balaban J connectivity index is 0.000000236. The third kappa shape index (κ3) is 4.75. The van der Waals surface area contributed by atoms with E-state index in [1.165, 1.54) is 5.56 Å². The second-order valence-electron chi connectivity index (χ2n) is 1.75. The molecule has 52 valence electrons. The van der Waals surface area contributed by atoms with Crippen LogP contribution in [0.4, 0.5) is 0 Å². The highest BCUT2D eigenvalue weighted by molar-refractivity contribution is 5.36. The van der Waals surface area contributed by atoms with Crippen molar-refractivity contribution in [1.82, 2.24) is 0 Å². The Hall–Kier alpha value is -1.40. The molecule has 10 heavy (non-hydrogen) atoms. The first-order valence-corrected chi connectivity index (χ1v) is 2.84. The molecule has 1 aromatic carbocycles. The summed E-state index contributed by atoms with van der Waals surface area (Å²) in [5.41, 5.74) is 1.32. The molecule has 1 rings (SSSR count). The highest BCUT2D eigenvalue weighted by Crippen LogP contribution is 1.92. The molecule has 2 heteroatoms. The van der Waals surface area contributed by atoms with E-state index in [0.717, 1.165) is 0 Å². The Labute approximate surface area is 60.0 Å². The standard InChI is InChI=1S/C7H8.CNO/c1-7-5-3-2-4-6-7;2-1-3/h2-6H,1H3;/q;-1. The molecular weight excluding hydrogens is 126 g/mol. The average Bonchev–Trinajstić information content (AvgIpc) is 1.91. The first kappa shape index (κ1) is 8.60. The number of nitrogens with zero attached hydrogens (tertiary/aromatic N) is 1. The van der Waals surface area contributed by atoms with Crippen LogP contribution in [0, 0.1) is 6.92 Å². The number of carbonyl (C=O) groups excluding carboxylic acids is 1. The number of rotatable bonds is 0. The fourth-order valence-corrected chi connectivity index (χ4v) is 0.534. The fraction of sp³-hybridized carbons (Fsp3) is 0.125. The number of hydrogen-bond acceptors (Lipinski definition) is 1. The zero-order valence-corrected chi connectivity index (χ0v) is 5.74. The minimum Gasteiger partial charge on any atom is -0.724 e. The molecule has 0 aromatic heterocycles. The zero-order valence-electron chi connectivity index (χ0n) is 5.74. The Bertz CT molecular complexity index is 200. The van der Waals surface area contributed by atoms with Gasteiger partial charge in [-0.2, -0.15) is 0 Å². The Morgan fingerprint density at radius 1 is 1.30 bits per heavy atom. The van der Waals surface area contributed by atoms with Crippen molar-refractivity contribution in [3.8, 4) is 0 Å². The molecule has 0 unspecified atom stereocenters. The fourth-order valence-electron chi connectivity index (χ4n) is 0.534. The lowest BCUT2D eigenvalue weighted by atomic mass is 10.2. The van der Waals surface area contributed by atoms with Crippen LogP contribution in [-0.2, 0) is 4.79 Å². The quantitative estimate of drug-likeness (QED) is 0.394. The van der Waals surface area contributed by atoms with Gasteiger partial charge in [0.15, 0.2) is 0 Å². The number of aryl methyl sites for hydroxylation is 1. The molecule has 0 saturated heterocycles. The van der Waals surface area contributed by atoms with E-state index in [4.69, 9.17) is 10.2 Å². The van der Waals surface area contributed by atoms with Gasteiger partial charge in [0, 0.05) is 0 Å². The summed E-state index contributed by atoms with van der Waals surface area (Å²) in [7, 11) is 0. The first-order chi connectivity index (χ1) is 4.81. The molecule has 0 bridgehead atoms. The van der Waals surface area contributed by atoms with Gasteiger partial charge in [-0.05, 0) is 13.0 Å². The van der Waals surface area contributed by atoms with Gasteiger partial charge in [0.05, 0.1) is 0 Å². The van der Waals surface area contributed by atoms with Crippen molar-refractivity contribution in [3.63, 3.8) is 0 Å². The molecule has 0 N–H and O–H groups in total. The van der Waals surface area contributed by atoms with Crippen LogP contribution in [0.2, 0.25) is 0 Å². The van der Waals surface area contributed by atoms with Crippen molar-refractivity contribution in [3.05, 3.63) is 41.3 Å². The third-order valence-corrected chi connectivity index (χ3v) is 0.940. The number of hydrogen-bond donors (Lipinski definition) is 0. The van der Waals surface area contributed by atoms with Crippen molar-refractivity contribution in [2.45, 2.75) is 6.92 Å². The molecule has 0 aliphatic rings. The summed E-state index contributed by atoms with van der Waals surface area (Å²) in [6.07, 6.45) is 0.500. The van der Waals surface area contributed by atoms with Gasteiger partial charge in [0.2, 0.25) is 0 Å². The lowest BCUT2D eigenvalue weighted by Crippen LogP contribution is -1.62. The van der Waals surface area contributed by atoms with Gasteiger partial charge >= 0.3 is 0 Å². The maximum absolute atomic E-state index is 8.24. The molecule has 1 aromatic rings. The second kappa shape index (κ2) is 5.73. The Morgan fingerprint density at radius 2 is 1.70 bits per heavy atom. The number of benzene rings is 1. The van der Waals surface area contributed by atoms with Crippen LogP contribution in [0.3, 0.4) is 0 Å². The Kier molecular flexibility index (Phi) is 4.93. The van der Waals surface area contributed by atoms with Crippen LogP contribution in [-0.4, -0.2) is 6.08 Å². The van der Waals surface area contributed by atoms with Crippen molar-refractivity contribution >= 4 is 6.08 Å². The summed E-state index contributed by atoms with van der Waals surface area (Å²) >= 11 is 0. The number of isocyanates is 1. The molecule has 0 atom stereocenters. The molecule has 2 nitrogen and oxygen atoms in total. The first-order valence-electron chi connectivity index (χ1n) is 2.84. The monoisotopic (exact) mass is 134 g/mol. The molecule has 0 fully saturated rings. The van der Waals surface area contributed by atoms with Crippen molar-refractivity contribution in [1.29, 1.82) is 0 Å². The molecule has 0 spiro atoms. The van der Waals surface area contributed by atoms with E-state index in [0.29, 0.717) is 6.08 Å². The van der Waals surface area contributed by atoms with E-state index >= 15 is 0 Å². The summed E-state index contributed by atoms with van der Waals surface area (Å²) in [5, 5.41) is 6.76. The van der Waals surface area contributed by atoms with E-state index in [9.17, 15) is 0 Å². The molecule has 0 radical (unpaired) electrons. The molecule has 0 saturated carbocycles. The summed E-state index contributed by atoms with van der Waals surface area (Å²) in [5.74, 6) is 0. The molecule has 0 aliphatic carbocycles. The van der Waals surface area contributed by atoms with Crippen LogP contribution in [0.25, 0.3) is 5.41 Å². The van der Waals surface area contributed by atoms with E-state index in [1.54, 1.807) is 0 Å². The highest BCUT2D eigenvalue weighted by atomic mass is 16.1. The van der Waals surface area contributed by atoms with E-state index in [1.807, 2.05) is 18.2 Å². The summed E-state index contributed by atoms with van der Waals surface area (Å²) in [4.78, 5) is 8.24. The zero-order chi connectivity index (χ0) is 7.82. The van der Waals surface area contributed by atoms with E-state index < -0.39 is 0 Å². The van der Waals surface area contributed by atoms with Gasteiger partial charge in [-0.15, -0.1) is 0 Å². The van der Waals surface area contributed by atoms with Crippen LogP contribution in [0.5, 0.6) is 0 Å². The van der Waals surface area contributed by atoms with Crippen LogP contribution in [0.15, 0.2) is 30.3 Å². The predicted octanol–water partition coefficient (Wildman–Crippen LogP) is 1.89. The average molecular weight is 134 g/mol. The SMILES string of the molecule is Cc1ccccc1.[N-]=C=O. The highest BCUT2D eigenvalue weighted by Gasteiger charge is 1.72. The molecule has 0 heterocycles. The maximum atomic E-state index is 8.24. The largest absolute Gasteiger partial charge is 0.724 e. The predicted molar refractivity (Wildman–Crippen MR) is 40.2 cm³/mol. The van der Waals surface area contributed by atoms with Gasteiger partial charge in [0.25, 0.3) is 0 Å². The summed E-state index contributed by atoms with van der Waals surface area (Å²) in [6.45, 7) is 2.08.